The van der Waals surface area contributed by atoms with Crippen molar-refractivity contribution in [3.05, 3.63) is 36.2 Å². The lowest BCUT2D eigenvalue weighted by Gasteiger charge is -2.12. The first kappa shape index (κ1) is 19.4. The molecule has 0 aliphatic carbocycles. The topological polar surface area (TPSA) is 127 Å². The SMILES string of the molecule is CC(C)COC(=O)C(O)CCNC(=O)c1cc(O)n(-c2ccccn2)n1. The van der Waals surface area contributed by atoms with Crippen LogP contribution < -0.4 is 5.32 Å². The molecule has 9 heteroatoms. The van der Waals surface area contributed by atoms with Gasteiger partial charge in [0.25, 0.3) is 5.91 Å². The van der Waals surface area contributed by atoms with Gasteiger partial charge >= 0.3 is 5.97 Å². The van der Waals surface area contributed by atoms with E-state index < -0.39 is 18.0 Å². The molecule has 2 heterocycles. The quantitative estimate of drug-likeness (QED) is 0.589. The summed E-state index contributed by atoms with van der Waals surface area (Å²) in [5.74, 6) is -0.950. The second kappa shape index (κ2) is 8.95. The van der Waals surface area contributed by atoms with Crippen molar-refractivity contribution in [2.45, 2.75) is 26.4 Å². The van der Waals surface area contributed by atoms with Crippen LogP contribution in [0, 0.1) is 5.92 Å². The van der Waals surface area contributed by atoms with Gasteiger partial charge in [-0.1, -0.05) is 19.9 Å². The van der Waals surface area contributed by atoms with Crippen molar-refractivity contribution in [2.75, 3.05) is 13.2 Å². The monoisotopic (exact) mass is 362 g/mol. The van der Waals surface area contributed by atoms with E-state index in [1.807, 2.05) is 13.8 Å². The lowest BCUT2D eigenvalue weighted by Crippen LogP contribution is -2.31. The number of aromatic hydroxyl groups is 1. The maximum absolute atomic E-state index is 12.1. The fourth-order valence-corrected chi connectivity index (χ4v) is 2.01. The fraction of sp³-hybridized carbons (Fsp3) is 0.412. The largest absolute Gasteiger partial charge is 0.493 e. The third-order valence-corrected chi connectivity index (χ3v) is 3.32. The molecule has 0 aliphatic rings. The van der Waals surface area contributed by atoms with Crippen LogP contribution in [-0.2, 0) is 9.53 Å². The number of hydrogen-bond acceptors (Lipinski definition) is 7. The Bertz CT molecular complexity index is 745. The Morgan fingerprint density at radius 3 is 2.77 bits per heavy atom. The van der Waals surface area contributed by atoms with Gasteiger partial charge in [0.1, 0.15) is 0 Å². The van der Waals surface area contributed by atoms with Gasteiger partial charge in [0.2, 0.25) is 5.88 Å². The smallest absolute Gasteiger partial charge is 0.335 e. The number of carbonyl (C=O) groups is 2. The zero-order chi connectivity index (χ0) is 19.1. The summed E-state index contributed by atoms with van der Waals surface area (Å²) in [6.07, 6.45) is 0.236. The molecule has 3 N–H and O–H groups in total. The van der Waals surface area contributed by atoms with Crippen molar-refractivity contribution >= 4 is 11.9 Å². The van der Waals surface area contributed by atoms with Gasteiger partial charge in [0.15, 0.2) is 17.6 Å². The predicted octanol–water partition coefficient (Wildman–Crippen LogP) is 0.653. The van der Waals surface area contributed by atoms with Gasteiger partial charge in [0.05, 0.1) is 6.61 Å². The molecule has 0 bridgehead atoms. The highest BCUT2D eigenvalue weighted by Gasteiger charge is 2.19. The molecule has 0 saturated carbocycles. The summed E-state index contributed by atoms with van der Waals surface area (Å²) in [7, 11) is 0. The summed E-state index contributed by atoms with van der Waals surface area (Å²) in [5.41, 5.74) is -0.00923. The molecule has 1 unspecified atom stereocenters. The van der Waals surface area contributed by atoms with Crippen LogP contribution in [0.2, 0.25) is 0 Å². The number of aromatic nitrogens is 3. The Morgan fingerprint density at radius 1 is 1.35 bits per heavy atom. The van der Waals surface area contributed by atoms with Gasteiger partial charge in [-0.3, -0.25) is 4.79 Å². The lowest BCUT2D eigenvalue weighted by molar-refractivity contribution is -0.154. The molecule has 1 amide bonds. The van der Waals surface area contributed by atoms with Crippen molar-refractivity contribution in [3.63, 3.8) is 0 Å². The van der Waals surface area contributed by atoms with E-state index in [0.717, 1.165) is 4.68 Å². The normalized spacial score (nSPS) is 12.0. The molecule has 0 aliphatic heterocycles. The maximum atomic E-state index is 12.1. The summed E-state index contributed by atoms with van der Waals surface area (Å²) < 4.78 is 6.05. The Hall–Kier alpha value is -2.94. The minimum absolute atomic E-state index is 0.00923. The molecule has 1 atom stereocenters. The van der Waals surface area contributed by atoms with E-state index in [4.69, 9.17) is 4.74 Å². The second-order valence-corrected chi connectivity index (χ2v) is 6.07. The molecule has 0 radical (unpaired) electrons. The van der Waals surface area contributed by atoms with Gasteiger partial charge in [-0.15, -0.1) is 0 Å². The highest BCUT2D eigenvalue weighted by molar-refractivity contribution is 5.92. The summed E-state index contributed by atoms with van der Waals surface area (Å²) >= 11 is 0. The Balaban J connectivity index is 1.86. The summed E-state index contributed by atoms with van der Waals surface area (Å²) in [4.78, 5) is 27.7. The zero-order valence-electron chi connectivity index (χ0n) is 14.6. The number of esters is 1. The second-order valence-electron chi connectivity index (χ2n) is 6.07. The highest BCUT2D eigenvalue weighted by Crippen LogP contribution is 2.16. The van der Waals surface area contributed by atoms with Crippen molar-refractivity contribution in [3.8, 4) is 11.7 Å². The average molecular weight is 362 g/mol. The van der Waals surface area contributed by atoms with E-state index in [1.54, 1.807) is 18.2 Å². The number of aliphatic hydroxyl groups excluding tert-OH is 1. The predicted molar refractivity (Wildman–Crippen MR) is 91.8 cm³/mol. The van der Waals surface area contributed by atoms with Gasteiger partial charge in [-0.2, -0.15) is 9.78 Å². The molecule has 0 spiro atoms. The molecule has 9 nitrogen and oxygen atoms in total. The van der Waals surface area contributed by atoms with E-state index in [0.29, 0.717) is 5.82 Å². The molecule has 26 heavy (non-hydrogen) atoms. The Labute approximate surface area is 150 Å². The van der Waals surface area contributed by atoms with Crippen molar-refractivity contribution < 1.29 is 24.5 Å². The van der Waals surface area contributed by atoms with Crippen LogP contribution in [0.4, 0.5) is 0 Å². The number of nitrogens with zero attached hydrogens (tertiary/aromatic N) is 3. The van der Waals surface area contributed by atoms with Crippen LogP contribution in [0.5, 0.6) is 5.88 Å². The number of aliphatic hydroxyl groups is 1. The minimum Gasteiger partial charge on any atom is -0.493 e. The lowest BCUT2D eigenvalue weighted by atomic mass is 10.2. The molecule has 0 fully saturated rings. The van der Waals surface area contributed by atoms with Crippen LogP contribution in [0.15, 0.2) is 30.5 Å². The summed E-state index contributed by atoms with van der Waals surface area (Å²) in [5, 5.41) is 26.1. The number of amides is 1. The summed E-state index contributed by atoms with van der Waals surface area (Å²) in [6.45, 7) is 4.05. The van der Waals surface area contributed by atoms with E-state index in [-0.39, 0.29) is 37.1 Å². The van der Waals surface area contributed by atoms with Crippen molar-refractivity contribution in [2.24, 2.45) is 5.92 Å². The van der Waals surface area contributed by atoms with Crippen molar-refractivity contribution in [1.29, 1.82) is 0 Å². The number of ether oxygens (including phenoxy) is 1. The van der Waals surface area contributed by atoms with E-state index in [9.17, 15) is 19.8 Å². The van der Waals surface area contributed by atoms with E-state index in [1.165, 1.54) is 12.3 Å². The van der Waals surface area contributed by atoms with Crippen LogP contribution in [0.25, 0.3) is 5.82 Å². The molecule has 140 valence electrons. The van der Waals surface area contributed by atoms with Crippen LogP contribution in [-0.4, -0.2) is 56.1 Å². The Morgan fingerprint density at radius 2 is 2.12 bits per heavy atom. The van der Waals surface area contributed by atoms with Crippen molar-refractivity contribution in [1.82, 2.24) is 20.1 Å². The first-order valence-corrected chi connectivity index (χ1v) is 8.21. The number of nitrogens with one attached hydrogen (secondary N) is 1. The van der Waals surface area contributed by atoms with E-state index >= 15 is 0 Å². The average Bonchev–Trinajstić information content (AvgIpc) is 3.02. The summed E-state index contributed by atoms with van der Waals surface area (Å²) in [6, 6.07) is 6.28. The molecule has 0 saturated heterocycles. The molecular weight excluding hydrogens is 340 g/mol. The van der Waals surface area contributed by atoms with Crippen LogP contribution >= 0.6 is 0 Å². The van der Waals surface area contributed by atoms with Crippen LogP contribution in [0.1, 0.15) is 30.8 Å². The number of rotatable bonds is 8. The molecule has 0 aromatic carbocycles. The van der Waals surface area contributed by atoms with E-state index in [2.05, 4.69) is 15.4 Å². The fourth-order valence-electron chi connectivity index (χ4n) is 2.01. The maximum Gasteiger partial charge on any atom is 0.335 e. The third kappa shape index (κ3) is 5.28. The molecular formula is C17H22N4O5. The molecule has 2 aromatic heterocycles. The van der Waals surface area contributed by atoms with Crippen LogP contribution in [0.3, 0.4) is 0 Å². The highest BCUT2D eigenvalue weighted by atomic mass is 16.5. The van der Waals surface area contributed by atoms with Gasteiger partial charge in [-0.05, 0) is 18.1 Å². The number of carbonyl (C=O) groups excluding carboxylic acids is 2. The first-order chi connectivity index (χ1) is 12.4. The van der Waals surface area contributed by atoms with Gasteiger partial charge < -0.3 is 20.3 Å². The van der Waals surface area contributed by atoms with Gasteiger partial charge in [-0.25, -0.2) is 9.78 Å². The number of hydrogen-bond donors (Lipinski definition) is 3. The molecule has 2 rings (SSSR count). The third-order valence-electron chi connectivity index (χ3n) is 3.32. The van der Waals surface area contributed by atoms with Gasteiger partial charge in [0, 0.05) is 25.2 Å². The first-order valence-electron chi connectivity index (χ1n) is 8.21. The number of pyridine rings is 1. The standard InChI is InChI=1S/C17H22N4O5/c1-11(2)10-26-17(25)13(22)6-8-19-16(24)12-9-15(23)21(20-12)14-5-3-4-7-18-14/h3-5,7,9,11,13,22-23H,6,8,10H2,1-2H3,(H,19,24). The minimum atomic E-state index is -1.31. The zero-order valence-corrected chi connectivity index (χ0v) is 14.6. The molecule has 2 aromatic rings. The Kier molecular flexibility index (Phi) is 6.67.